The molecule has 5 heteroatoms. The molecule has 0 aliphatic rings. The Kier molecular flexibility index (Phi) is 4.87. The third-order valence-electron chi connectivity index (χ3n) is 3.09. The molecule has 2 aromatic rings. The number of aryl methyl sites for hydroxylation is 1. The van der Waals surface area contributed by atoms with E-state index in [1.54, 1.807) is 0 Å². The van der Waals surface area contributed by atoms with Crippen LogP contribution in [0.3, 0.4) is 0 Å². The van der Waals surface area contributed by atoms with Crippen LogP contribution in [0.15, 0.2) is 42.5 Å². The Labute approximate surface area is 127 Å². The molecule has 4 nitrogen and oxygen atoms in total. The van der Waals surface area contributed by atoms with Crippen molar-refractivity contribution in [2.75, 3.05) is 6.54 Å². The third kappa shape index (κ3) is 4.14. The lowest BCUT2D eigenvalue weighted by Crippen LogP contribution is -2.13. The van der Waals surface area contributed by atoms with Crippen molar-refractivity contribution in [1.29, 1.82) is 0 Å². The van der Waals surface area contributed by atoms with E-state index >= 15 is 0 Å². The van der Waals surface area contributed by atoms with Crippen molar-refractivity contribution < 1.29 is 14.4 Å². The van der Waals surface area contributed by atoms with E-state index in [4.69, 9.17) is 0 Å². The highest BCUT2D eigenvalue weighted by Gasteiger charge is 2.18. The van der Waals surface area contributed by atoms with E-state index in [2.05, 4.69) is 11.8 Å². The molecule has 1 N–H and O–H groups in total. The van der Waals surface area contributed by atoms with Gasteiger partial charge in [0.2, 0.25) is 6.54 Å². The summed E-state index contributed by atoms with van der Waals surface area (Å²) < 4.78 is 13.3. The Morgan fingerprint density at radius 2 is 1.91 bits per heavy atom. The minimum absolute atomic E-state index is 0.122. The molecule has 0 radical (unpaired) electrons. The first-order valence-corrected chi connectivity index (χ1v) is 6.63. The zero-order valence-electron chi connectivity index (χ0n) is 11.9. The van der Waals surface area contributed by atoms with Crippen molar-refractivity contribution in [3.63, 3.8) is 0 Å². The quantitative estimate of drug-likeness (QED) is 0.538. The molecule has 0 saturated heterocycles. The molecule has 0 amide bonds. The van der Waals surface area contributed by atoms with Crippen molar-refractivity contribution in [2.24, 2.45) is 0 Å². The fraction of sp³-hybridized carbons (Fsp3) is 0.176. The summed E-state index contributed by atoms with van der Waals surface area (Å²) in [4.78, 5) is 9.86. The van der Waals surface area contributed by atoms with Crippen LogP contribution in [0.1, 0.15) is 28.4 Å². The number of halogens is 1. The van der Waals surface area contributed by atoms with Gasteiger partial charge in [-0.05, 0) is 37.3 Å². The van der Waals surface area contributed by atoms with E-state index in [1.165, 1.54) is 12.1 Å². The zero-order chi connectivity index (χ0) is 16.1. The maximum absolute atomic E-state index is 13.3. The molecule has 0 spiro atoms. The average Bonchev–Trinajstić information content (AvgIpc) is 2.47. The van der Waals surface area contributed by atoms with Crippen molar-refractivity contribution in [2.45, 2.75) is 13.0 Å². The molecule has 0 saturated carbocycles. The molecule has 0 aromatic heterocycles. The first-order chi connectivity index (χ1) is 10.5. The van der Waals surface area contributed by atoms with Crippen LogP contribution in [-0.2, 0) is 0 Å². The van der Waals surface area contributed by atoms with Crippen molar-refractivity contribution >= 4 is 0 Å². The summed E-state index contributed by atoms with van der Waals surface area (Å²) in [6.45, 7) is 1.27. The number of nitro groups is 1. The highest BCUT2D eigenvalue weighted by Crippen LogP contribution is 2.19. The smallest absolute Gasteiger partial charge is 0.233 e. The minimum atomic E-state index is -1.40. The zero-order valence-corrected chi connectivity index (χ0v) is 11.9. The van der Waals surface area contributed by atoms with Crippen LogP contribution in [0.4, 0.5) is 4.39 Å². The molecule has 0 fully saturated rings. The Morgan fingerprint density at radius 3 is 2.55 bits per heavy atom. The molecular formula is C17H14FNO3. The van der Waals surface area contributed by atoms with Crippen LogP contribution >= 0.6 is 0 Å². The van der Waals surface area contributed by atoms with Gasteiger partial charge in [0.1, 0.15) is 11.9 Å². The van der Waals surface area contributed by atoms with Gasteiger partial charge in [0.05, 0.1) is 0 Å². The van der Waals surface area contributed by atoms with E-state index in [1.807, 2.05) is 31.2 Å². The molecule has 0 aliphatic heterocycles. The summed E-state index contributed by atoms with van der Waals surface area (Å²) in [6.07, 6.45) is -1.40. The summed E-state index contributed by atoms with van der Waals surface area (Å²) in [5.41, 5.74) is 2.37. The molecule has 2 rings (SSSR count). The van der Waals surface area contributed by atoms with Crippen molar-refractivity contribution in [3.8, 4) is 11.8 Å². The van der Waals surface area contributed by atoms with Crippen LogP contribution in [0.2, 0.25) is 0 Å². The predicted octanol–water partition coefficient (Wildman–Crippen LogP) is 2.84. The molecule has 0 heterocycles. The topological polar surface area (TPSA) is 63.4 Å². The van der Waals surface area contributed by atoms with Gasteiger partial charge >= 0.3 is 0 Å². The standard InChI is InChI=1S/C17H14FNO3/c1-12-2-4-13(5-3-12)6-7-14-8-9-15(18)10-16(14)17(20)11-19(21)22/h2-5,8-10,17,20H,11H2,1H3. The van der Waals surface area contributed by atoms with E-state index in [-0.39, 0.29) is 5.56 Å². The number of aliphatic hydroxyl groups excluding tert-OH is 1. The summed E-state index contributed by atoms with van der Waals surface area (Å²) in [5, 5.41) is 20.4. The van der Waals surface area contributed by atoms with Gasteiger partial charge in [0, 0.05) is 21.6 Å². The predicted molar refractivity (Wildman–Crippen MR) is 80.4 cm³/mol. The second kappa shape index (κ2) is 6.83. The van der Waals surface area contributed by atoms with Gasteiger partial charge < -0.3 is 5.11 Å². The van der Waals surface area contributed by atoms with E-state index < -0.39 is 23.4 Å². The number of nitrogens with zero attached hydrogens (tertiary/aromatic N) is 1. The van der Waals surface area contributed by atoms with E-state index in [0.29, 0.717) is 5.56 Å². The third-order valence-corrected chi connectivity index (χ3v) is 3.09. The van der Waals surface area contributed by atoms with E-state index in [0.717, 1.165) is 17.2 Å². The lowest BCUT2D eigenvalue weighted by molar-refractivity contribution is -0.491. The Hall–Kier alpha value is -2.71. The lowest BCUT2D eigenvalue weighted by Gasteiger charge is -2.09. The highest BCUT2D eigenvalue weighted by molar-refractivity contribution is 5.47. The van der Waals surface area contributed by atoms with Crippen molar-refractivity contribution in [3.05, 3.63) is 80.6 Å². The second-order valence-electron chi connectivity index (χ2n) is 4.88. The molecule has 22 heavy (non-hydrogen) atoms. The summed E-state index contributed by atoms with van der Waals surface area (Å²) in [5.74, 6) is 5.16. The van der Waals surface area contributed by atoms with Crippen molar-refractivity contribution in [1.82, 2.24) is 0 Å². The number of rotatable bonds is 3. The second-order valence-corrected chi connectivity index (χ2v) is 4.88. The summed E-state index contributed by atoms with van der Waals surface area (Å²) in [6, 6.07) is 11.2. The fourth-order valence-corrected chi connectivity index (χ4v) is 1.94. The van der Waals surface area contributed by atoms with Gasteiger partial charge in [-0.1, -0.05) is 29.5 Å². The van der Waals surface area contributed by atoms with Gasteiger partial charge in [-0.15, -0.1) is 0 Å². The summed E-state index contributed by atoms with van der Waals surface area (Å²) >= 11 is 0. The largest absolute Gasteiger partial charge is 0.381 e. The number of hydrogen-bond acceptors (Lipinski definition) is 3. The van der Waals surface area contributed by atoms with Crippen LogP contribution in [-0.4, -0.2) is 16.6 Å². The first kappa shape index (κ1) is 15.7. The molecule has 112 valence electrons. The Balaban J connectivity index is 2.35. The first-order valence-electron chi connectivity index (χ1n) is 6.63. The van der Waals surface area contributed by atoms with Gasteiger partial charge in [-0.3, -0.25) is 10.1 Å². The highest BCUT2D eigenvalue weighted by atomic mass is 19.1. The Bertz CT molecular complexity index is 745. The van der Waals surface area contributed by atoms with Gasteiger partial charge in [0.15, 0.2) is 0 Å². The van der Waals surface area contributed by atoms with Gasteiger partial charge in [-0.25, -0.2) is 4.39 Å². The molecule has 1 unspecified atom stereocenters. The van der Waals surface area contributed by atoms with Gasteiger partial charge in [-0.2, -0.15) is 0 Å². The molecule has 0 aliphatic carbocycles. The van der Waals surface area contributed by atoms with Crippen LogP contribution in [0.25, 0.3) is 0 Å². The number of hydrogen-bond donors (Lipinski definition) is 1. The molecule has 1 atom stereocenters. The maximum Gasteiger partial charge on any atom is 0.233 e. The molecule has 0 bridgehead atoms. The number of aliphatic hydroxyl groups is 1. The minimum Gasteiger partial charge on any atom is -0.381 e. The number of benzene rings is 2. The molecule has 2 aromatic carbocycles. The molecular weight excluding hydrogens is 285 g/mol. The lowest BCUT2D eigenvalue weighted by atomic mass is 10.0. The Morgan fingerprint density at radius 1 is 1.23 bits per heavy atom. The monoisotopic (exact) mass is 299 g/mol. The maximum atomic E-state index is 13.3. The van der Waals surface area contributed by atoms with Crippen LogP contribution < -0.4 is 0 Å². The normalized spacial score (nSPS) is 11.4. The average molecular weight is 299 g/mol. The SMILES string of the molecule is Cc1ccc(C#Cc2ccc(F)cc2C(O)C[N+](=O)[O-])cc1. The van der Waals surface area contributed by atoms with Gasteiger partial charge in [0.25, 0.3) is 0 Å². The van der Waals surface area contributed by atoms with E-state index in [9.17, 15) is 19.6 Å². The fourth-order valence-electron chi connectivity index (χ4n) is 1.94. The summed E-state index contributed by atoms with van der Waals surface area (Å²) in [7, 11) is 0. The van der Waals surface area contributed by atoms with Crippen LogP contribution in [0, 0.1) is 34.7 Å². The van der Waals surface area contributed by atoms with Crippen LogP contribution in [0.5, 0.6) is 0 Å².